The van der Waals surface area contributed by atoms with Gasteiger partial charge in [0.1, 0.15) is 12.4 Å². The van der Waals surface area contributed by atoms with E-state index in [0.29, 0.717) is 29.9 Å². The van der Waals surface area contributed by atoms with Crippen molar-refractivity contribution in [2.75, 3.05) is 13.1 Å². The van der Waals surface area contributed by atoms with Gasteiger partial charge in [0.25, 0.3) is 0 Å². The van der Waals surface area contributed by atoms with Gasteiger partial charge in [0.2, 0.25) is 15.9 Å². The van der Waals surface area contributed by atoms with E-state index in [-0.39, 0.29) is 17.5 Å². The molecule has 26 heavy (non-hydrogen) atoms. The third-order valence-corrected chi connectivity index (χ3v) is 6.07. The van der Waals surface area contributed by atoms with Crippen LogP contribution in [0.15, 0.2) is 50.9 Å². The van der Waals surface area contributed by atoms with Gasteiger partial charge in [-0.25, -0.2) is 23.2 Å². The number of hydrogen-bond donors (Lipinski definition) is 1. The van der Waals surface area contributed by atoms with E-state index in [1.807, 2.05) is 0 Å². The average Bonchev–Trinajstić information content (AvgIpc) is 3.02. The van der Waals surface area contributed by atoms with E-state index >= 15 is 0 Å². The van der Waals surface area contributed by atoms with Crippen LogP contribution < -0.4 is 10.5 Å². The molecule has 4 rings (SSSR count). The SMILES string of the molecule is O=c1[nH]c2cc(S(=O)(=O)N3CCCC(Oc4ccncn4)C3)ccc2o1. The average molecular weight is 376 g/mol. The normalized spacial score (nSPS) is 18.8. The molecule has 1 aliphatic rings. The molecule has 136 valence electrons. The van der Waals surface area contributed by atoms with Crippen molar-refractivity contribution in [2.24, 2.45) is 0 Å². The fourth-order valence-electron chi connectivity index (χ4n) is 2.98. The van der Waals surface area contributed by atoms with Crippen molar-refractivity contribution in [1.82, 2.24) is 19.3 Å². The van der Waals surface area contributed by atoms with Gasteiger partial charge in [0, 0.05) is 18.8 Å². The van der Waals surface area contributed by atoms with E-state index in [0.717, 1.165) is 6.42 Å². The Bertz CT molecular complexity index is 1080. The van der Waals surface area contributed by atoms with Gasteiger partial charge >= 0.3 is 5.76 Å². The molecule has 0 bridgehead atoms. The summed E-state index contributed by atoms with van der Waals surface area (Å²) in [5.41, 5.74) is 0.666. The van der Waals surface area contributed by atoms with E-state index < -0.39 is 15.8 Å². The maximum Gasteiger partial charge on any atom is 0.417 e. The number of piperidine rings is 1. The lowest BCUT2D eigenvalue weighted by atomic mass is 10.1. The fourth-order valence-corrected chi connectivity index (χ4v) is 4.52. The Balaban J connectivity index is 1.56. The number of fused-ring (bicyclic) bond motifs is 1. The van der Waals surface area contributed by atoms with Gasteiger partial charge in [-0.05, 0) is 31.0 Å². The standard InChI is InChI=1S/C16H16N4O5S/c21-16-19-13-8-12(3-4-14(13)25-16)26(22,23)20-7-1-2-11(9-20)24-15-5-6-17-10-18-15/h3-6,8,10-11H,1-2,7,9H2,(H,19,21). The highest BCUT2D eigenvalue weighted by molar-refractivity contribution is 7.89. The van der Waals surface area contributed by atoms with Crippen LogP contribution in [-0.4, -0.2) is 46.9 Å². The maximum absolute atomic E-state index is 13.0. The van der Waals surface area contributed by atoms with Crippen LogP contribution in [0, 0.1) is 0 Å². The predicted molar refractivity (Wildman–Crippen MR) is 91.3 cm³/mol. The van der Waals surface area contributed by atoms with E-state index in [2.05, 4.69) is 15.0 Å². The van der Waals surface area contributed by atoms with Crippen LogP contribution >= 0.6 is 0 Å². The number of aromatic nitrogens is 3. The largest absolute Gasteiger partial charge is 0.473 e. The highest BCUT2D eigenvalue weighted by Crippen LogP contribution is 2.24. The molecule has 1 unspecified atom stereocenters. The van der Waals surface area contributed by atoms with Crippen LogP contribution in [-0.2, 0) is 10.0 Å². The molecule has 0 saturated carbocycles. The van der Waals surface area contributed by atoms with Gasteiger partial charge in [0.05, 0.1) is 17.0 Å². The number of aromatic amines is 1. The predicted octanol–water partition coefficient (Wildman–Crippen LogP) is 1.14. The van der Waals surface area contributed by atoms with Crippen molar-refractivity contribution in [1.29, 1.82) is 0 Å². The molecule has 1 saturated heterocycles. The molecule has 0 radical (unpaired) electrons. The fraction of sp³-hybridized carbons (Fsp3) is 0.312. The lowest BCUT2D eigenvalue weighted by Crippen LogP contribution is -2.44. The third kappa shape index (κ3) is 3.20. The molecular formula is C16H16N4O5S. The van der Waals surface area contributed by atoms with E-state index in [1.54, 1.807) is 12.3 Å². The quantitative estimate of drug-likeness (QED) is 0.725. The summed E-state index contributed by atoms with van der Waals surface area (Å²) in [5, 5.41) is 0. The summed E-state index contributed by atoms with van der Waals surface area (Å²) in [6.07, 6.45) is 4.09. The molecule has 3 heterocycles. The van der Waals surface area contributed by atoms with E-state index in [4.69, 9.17) is 9.15 Å². The Labute approximate surface area is 148 Å². The molecular weight excluding hydrogens is 360 g/mol. The number of ether oxygens (including phenoxy) is 1. The van der Waals surface area contributed by atoms with E-state index in [9.17, 15) is 13.2 Å². The molecule has 0 amide bonds. The minimum atomic E-state index is -3.71. The van der Waals surface area contributed by atoms with Crippen LogP contribution in [0.4, 0.5) is 0 Å². The first-order valence-electron chi connectivity index (χ1n) is 8.08. The van der Waals surface area contributed by atoms with Crippen LogP contribution in [0.2, 0.25) is 0 Å². The molecule has 1 N–H and O–H groups in total. The van der Waals surface area contributed by atoms with Crippen LogP contribution in [0.1, 0.15) is 12.8 Å². The third-order valence-electron chi connectivity index (χ3n) is 4.21. The molecule has 0 aliphatic carbocycles. The van der Waals surface area contributed by atoms with Gasteiger partial charge in [0.15, 0.2) is 5.58 Å². The molecule has 10 heteroatoms. The number of H-pyrrole nitrogens is 1. The first kappa shape index (κ1) is 16.7. The van der Waals surface area contributed by atoms with Gasteiger partial charge in [-0.3, -0.25) is 4.98 Å². The van der Waals surface area contributed by atoms with Crippen molar-refractivity contribution in [3.8, 4) is 5.88 Å². The van der Waals surface area contributed by atoms with E-state index in [1.165, 1.54) is 28.8 Å². The highest BCUT2D eigenvalue weighted by atomic mass is 32.2. The zero-order valence-electron chi connectivity index (χ0n) is 13.7. The van der Waals surface area contributed by atoms with Crippen LogP contribution in [0.25, 0.3) is 11.1 Å². The number of nitrogens with one attached hydrogen (secondary N) is 1. The minimum Gasteiger partial charge on any atom is -0.473 e. The van der Waals surface area contributed by atoms with Crippen molar-refractivity contribution in [3.05, 3.63) is 47.3 Å². The van der Waals surface area contributed by atoms with Crippen molar-refractivity contribution >= 4 is 21.1 Å². The molecule has 1 atom stereocenters. The summed E-state index contributed by atoms with van der Waals surface area (Å²) in [6, 6.07) is 5.95. The Hall–Kier alpha value is -2.72. The first-order chi connectivity index (χ1) is 12.5. The Morgan fingerprint density at radius 2 is 2.19 bits per heavy atom. The number of benzene rings is 1. The highest BCUT2D eigenvalue weighted by Gasteiger charge is 2.31. The lowest BCUT2D eigenvalue weighted by Gasteiger charge is -2.31. The summed E-state index contributed by atoms with van der Waals surface area (Å²) in [6.45, 7) is 0.637. The second-order valence-corrected chi connectivity index (χ2v) is 7.90. The van der Waals surface area contributed by atoms with Crippen molar-refractivity contribution < 1.29 is 17.6 Å². The monoisotopic (exact) mass is 376 g/mol. The van der Waals surface area contributed by atoms with Gasteiger partial charge < -0.3 is 9.15 Å². The summed E-state index contributed by atoms with van der Waals surface area (Å²) in [4.78, 5) is 21.7. The number of oxazole rings is 1. The molecule has 1 aliphatic heterocycles. The first-order valence-corrected chi connectivity index (χ1v) is 9.52. The number of nitrogens with zero attached hydrogens (tertiary/aromatic N) is 3. The lowest BCUT2D eigenvalue weighted by molar-refractivity contribution is 0.124. The molecule has 9 nitrogen and oxygen atoms in total. The number of sulfonamides is 1. The Kier molecular flexibility index (Phi) is 4.21. The second-order valence-electron chi connectivity index (χ2n) is 5.97. The van der Waals surface area contributed by atoms with Gasteiger partial charge in [-0.1, -0.05) is 0 Å². The Morgan fingerprint density at radius 1 is 1.31 bits per heavy atom. The summed E-state index contributed by atoms with van der Waals surface area (Å²) in [5.74, 6) is -0.201. The zero-order chi connectivity index (χ0) is 18.1. The van der Waals surface area contributed by atoms with Gasteiger partial charge in [-0.15, -0.1) is 0 Å². The zero-order valence-corrected chi connectivity index (χ0v) is 14.5. The molecule has 3 aromatic rings. The van der Waals surface area contributed by atoms with Crippen molar-refractivity contribution in [2.45, 2.75) is 23.8 Å². The van der Waals surface area contributed by atoms with Crippen LogP contribution in [0.3, 0.4) is 0 Å². The molecule has 2 aromatic heterocycles. The van der Waals surface area contributed by atoms with Crippen LogP contribution in [0.5, 0.6) is 5.88 Å². The molecule has 1 fully saturated rings. The van der Waals surface area contributed by atoms with Crippen molar-refractivity contribution in [3.63, 3.8) is 0 Å². The minimum absolute atomic E-state index is 0.102. The number of rotatable bonds is 4. The smallest absolute Gasteiger partial charge is 0.417 e. The molecule has 1 aromatic carbocycles. The second kappa shape index (κ2) is 6.54. The summed E-state index contributed by atoms with van der Waals surface area (Å²) in [7, 11) is -3.71. The summed E-state index contributed by atoms with van der Waals surface area (Å²) >= 11 is 0. The maximum atomic E-state index is 13.0. The topological polar surface area (TPSA) is 118 Å². The van der Waals surface area contributed by atoms with Gasteiger partial charge in [-0.2, -0.15) is 4.31 Å². The summed E-state index contributed by atoms with van der Waals surface area (Å²) < 4.78 is 38.0. The number of hydrogen-bond acceptors (Lipinski definition) is 7. The molecule has 0 spiro atoms. The Morgan fingerprint density at radius 3 is 3.00 bits per heavy atom.